The molecule has 0 radical (unpaired) electrons. The maximum Gasteiger partial charge on any atom is 0.321 e. The number of sulfone groups is 1. The Bertz CT molecular complexity index is 1350. The second kappa shape index (κ2) is 11.8. The Labute approximate surface area is 222 Å². The SMILES string of the molecule is CS(=O)(=O)CC[C@H]1CN(Cc2cccc(Cl)c2)C(=O)N1Cc1cncn1Cc1ccc(C#N)cc1.Cl. The van der Waals surface area contributed by atoms with Gasteiger partial charge in [0, 0.05) is 37.1 Å². The number of urea groups is 1. The largest absolute Gasteiger partial charge is 0.329 e. The quantitative estimate of drug-likeness (QED) is 0.401. The smallest absolute Gasteiger partial charge is 0.321 e. The van der Waals surface area contributed by atoms with Crippen LogP contribution in [0.15, 0.2) is 61.1 Å². The zero-order valence-electron chi connectivity index (χ0n) is 19.7. The molecule has 0 saturated carbocycles. The molecule has 1 fully saturated rings. The Kier molecular flexibility index (Phi) is 9.01. The van der Waals surface area contributed by atoms with Gasteiger partial charge in [-0.05, 0) is 41.8 Å². The third-order valence-electron chi connectivity index (χ3n) is 6.04. The Morgan fingerprint density at radius 3 is 2.53 bits per heavy atom. The number of carbonyl (C=O) groups excluding carboxylic acids is 1. The van der Waals surface area contributed by atoms with Crippen molar-refractivity contribution in [2.24, 2.45) is 0 Å². The summed E-state index contributed by atoms with van der Waals surface area (Å²) in [5, 5.41) is 9.61. The Balaban J connectivity index is 0.00000361. The fraction of sp³-hybridized carbons (Fsp3) is 0.320. The van der Waals surface area contributed by atoms with Gasteiger partial charge in [-0.3, -0.25) is 0 Å². The molecule has 0 N–H and O–H groups in total. The van der Waals surface area contributed by atoms with Gasteiger partial charge in [0.15, 0.2) is 0 Å². The summed E-state index contributed by atoms with van der Waals surface area (Å²) in [6, 6.07) is 16.4. The predicted octanol–water partition coefficient (Wildman–Crippen LogP) is 4.12. The molecule has 2 aromatic carbocycles. The first-order chi connectivity index (χ1) is 16.7. The first kappa shape index (κ1) is 27.5. The van der Waals surface area contributed by atoms with Gasteiger partial charge in [0.1, 0.15) is 9.84 Å². The van der Waals surface area contributed by atoms with E-state index in [2.05, 4.69) is 11.1 Å². The summed E-state index contributed by atoms with van der Waals surface area (Å²) in [4.78, 5) is 21.2. The average Bonchev–Trinajstić information content (AvgIpc) is 3.37. The van der Waals surface area contributed by atoms with E-state index in [9.17, 15) is 13.2 Å². The van der Waals surface area contributed by atoms with Crippen LogP contribution in [-0.2, 0) is 29.5 Å². The number of hydrogen-bond donors (Lipinski definition) is 0. The van der Waals surface area contributed by atoms with Crippen LogP contribution in [0.25, 0.3) is 0 Å². The van der Waals surface area contributed by atoms with E-state index in [0.717, 1.165) is 16.8 Å². The molecule has 3 aromatic rings. The van der Waals surface area contributed by atoms with Crippen LogP contribution < -0.4 is 0 Å². The van der Waals surface area contributed by atoms with E-state index in [0.29, 0.717) is 43.2 Å². The Hall–Kier alpha value is -3.06. The number of carbonyl (C=O) groups is 1. The van der Waals surface area contributed by atoms with Crippen molar-refractivity contribution in [2.45, 2.75) is 32.1 Å². The van der Waals surface area contributed by atoms with E-state index in [1.807, 2.05) is 34.9 Å². The minimum atomic E-state index is -3.17. The molecule has 2 heterocycles. The number of halogens is 2. The summed E-state index contributed by atoms with van der Waals surface area (Å²) < 4.78 is 25.6. The first-order valence-electron chi connectivity index (χ1n) is 11.2. The highest BCUT2D eigenvalue weighted by atomic mass is 35.5. The lowest BCUT2D eigenvalue weighted by Crippen LogP contribution is -2.36. The van der Waals surface area contributed by atoms with E-state index in [4.69, 9.17) is 16.9 Å². The van der Waals surface area contributed by atoms with Gasteiger partial charge in [-0.2, -0.15) is 5.26 Å². The maximum absolute atomic E-state index is 13.4. The molecule has 1 saturated heterocycles. The summed E-state index contributed by atoms with van der Waals surface area (Å²) in [5.74, 6) is 0.0109. The van der Waals surface area contributed by atoms with Crippen LogP contribution in [0.5, 0.6) is 0 Å². The van der Waals surface area contributed by atoms with Crippen molar-refractivity contribution in [1.82, 2.24) is 19.4 Å². The summed E-state index contributed by atoms with van der Waals surface area (Å²) >= 11 is 6.11. The summed E-state index contributed by atoms with van der Waals surface area (Å²) in [5.41, 5.74) is 3.36. The number of nitriles is 1. The molecule has 0 spiro atoms. The molecule has 1 atom stereocenters. The van der Waals surface area contributed by atoms with Crippen molar-refractivity contribution in [3.63, 3.8) is 0 Å². The van der Waals surface area contributed by atoms with E-state index < -0.39 is 9.84 Å². The predicted molar refractivity (Wildman–Crippen MR) is 141 cm³/mol. The Morgan fingerprint density at radius 2 is 1.86 bits per heavy atom. The average molecular weight is 548 g/mol. The third-order valence-corrected chi connectivity index (χ3v) is 7.25. The second-order valence-corrected chi connectivity index (χ2v) is 11.5. The lowest BCUT2D eigenvalue weighted by Gasteiger charge is -2.23. The fourth-order valence-electron chi connectivity index (χ4n) is 4.23. The van der Waals surface area contributed by atoms with Gasteiger partial charge in [0.2, 0.25) is 0 Å². The van der Waals surface area contributed by atoms with E-state index in [1.165, 1.54) is 6.26 Å². The molecule has 0 unspecified atom stereocenters. The molecule has 1 aromatic heterocycles. The van der Waals surface area contributed by atoms with Gasteiger partial charge in [0.25, 0.3) is 0 Å². The normalized spacial score (nSPS) is 15.6. The van der Waals surface area contributed by atoms with Crippen LogP contribution in [0, 0.1) is 11.3 Å². The minimum absolute atomic E-state index is 0. The van der Waals surface area contributed by atoms with Crippen molar-refractivity contribution < 1.29 is 13.2 Å². The summed E-state index contributed by atoms with van der Waals surface area (Å²) in [6.07, 6.45) is 5.01. The summed E-state index contributed by atoms with van der Waals surface area (Å²) in [6.45, 7) is 1.69. The molecule has 8 nitrogen and oxygen atoms in total. The highest BCUT2D eigenvalue weighted by molar-refractivity contribution is 7.90. The minimum Gasteiger partial charge on any atom is -0.329 e. The lowest BCUT2D eigenvalue weighted by molar-refractivity contribution is 0.181. The standard InChI is InChI=1S/C25H26ClN5O3S.ClH/c1-35(33,34)10-9-23-16-29(15-21-3-2-4-22(26)11-21)25(32)31(23)17-24-13-28-18-30(24)14-20-7-5-19(12-27)6-8-20;/h2-8,11,13,18,23H,9-10,14-17H2,1H3;1H/t23-;/m0./s1. The number of amides is 2. The van der Waals surface area contributed by atoms with Gasteiger partial charge in [-0.1, -0.05) is 35.9 Å². The number of aromatic nitrogens is 2. The number of nitrogens with zero attached hydrogens (tertiary/aromatic N) is 5. The highest BCUT2D eigenvalue weighted by Gasteiger charge is 2.37. The number of imidazole rings is 1. The molecule has 190 valence electrons. The van der Waals surface area contributed by atoms with Crippen molar-refractivity contribution >= 4 is 39.9 Å². The molecule has 1 aliphatic rings. The van der Waals surface area contributed by atoms with Crippen LogP contribution in [0.3, 0.4) is 0 Å². The third kappa shape index (κ3) is 7.00. The van der Waals surface area contributed by atoms with Crippen LogP contribution in [-0.4, -0.2) is 58.4 Å². The second-order valence-electron chi connectivity index (χ2n) is 8.81. The highest BCUT2D eigenvalue weighted by Crippen LogP contribution is 2.25. The van der Waals surface area contributed by atoms with Crippen molar-refractivity contribution in [1.29, 1.82) is 5.26 Å². The lowest BCUT2D eigenvalue weighted by atomic mass is 10.1. The van der Waals surface area contributed by atoms with Gasteiger partial charge < -0.3 is 14.4 Å². The van der Waals surface area contributed by atoms with Crippen LogP contribution in [0.1, 0.15) is 28.8 Å². The fourth-order valence-corrected chi connectivity index (χ4v) is 5.14. The van der Waals surface area contributed by atoms with Gasteiger partial charge in [-0.15, -0.1) is 12.4 Å². The first-order valence-corrected chi connectivity index (χ1v) is 13.6. The van der Waals surface area contributed by atoms with E-state index in [1.54, 1.807) is 40.5 Å². The molecule has 36 heavy (non-hydrogen) atoms. The number of benzene rings is 2. The molecule has 1 aliphatic heterocycles. The molecule has 0 bridgehead atoms. The Morgan fingerprint density at radius 1 is 1.11 bits per heavy atom. The van der Waals surface area contributed by atoms with E-state index in [-0.39, 0.29) is 30.2 Å². The molecule has 0 aliphatic carbocycles. The van der Waals surface area contributed by atoms with Crippen molar-refractivity contribution in [3.8, 4) is 6.07 Å². The van der Waals surface area contributed by atoms with Crippen LogP contribution >= 0.6 is 24.0 Å². The molecule has 2 amide bonds. The zero-order valence-corrected chi connectivity index (χ0v) is 22.1. The molecular formula is C25H27Cl2N5O3S. The topological polar surface area (TPSA) is 99.3 Å². The number of hydrogen-bond acceptors (Lipinski definition) is 5. The molecule has 4 rings (SSSR count). The maximum atomic E-state index is 13.4. The monoisotopic (exact) mass is 547 g/mol. The van der Waals surface area contributed by atoms with E-state index >= 15 is 0 Å². The van der Waals surface area contributed by atoms with Crippen LogP contribution in [0.2, 0.25) is 5.02 Å². The van der Waals surface area contributed by atoms with Gasteiger partial charge >= 0.3 is 6.03 Å². The molecule has 11 heteroatoms. The van der Waals surface area contributed by atoms with Crippen molar-refractivity contribution in [2.75, 3.05) is 18.6 Å². The van der Waals surface area contributed by atoms with Gasteiger partial charge in [-0.25, -0.2) is 18.2 Å². The number of rotatable bonds is 9. The van der Waals surface area contributed by atoms with Crippen LogP contribution in [0.4, 0.5) is 4.79 Å². The van der Waals surface area contributed by atoms with Gasteiger partial charge in [0.05, 0.1) is 42.0 Å². The molecular weight excluding hydrogens is 521 g/mol. The van der Waals surface area contributed by atoms with Crippen molar-refractivity contribution in [3.05, 3.63) is 88.5 Å². The summed E-state index contributed by atoms with van der Waals surface area (Å²) in [7, 11) is -3.17. The zero-order chi connectivity index (χ0) is 25.0.